The number of methoxy groups -OCH3 is 1. The van der Waals surface area contributed by atoms with E-state index >= 15 is 0 Å². The molecular weight excluding hydrogens is 1070 g/mol. The maximum Gasteiger partial charge on any atom is 0.260 e. The standard InChI is InChI=1S/C65H72N6O11S/c1-38-24-50-43(21-22-47-29-44-14-7-10-18-52(44)70(47)63(50)77)31-56(38)81-36-41-26-42(37-82-58-33-54-51(32-57(58)80-5)64(78)71-48(35-68(54)4)30-45-15-8-11-19-53(45)71)28-46(27-41)67-62(76)39(2)25-55(73)40(3)66-60(74)20-12-9-16-49(72)17-13-23-69-61(75)34-59(83-6)65(69)79/h7-8,10-11,14-15,18-19,24,26-28,31-33,39-40,47-48,59H,9,12-13,16-17,20-23,25,29-30,34-37H2,1-6H3,(H,66,74)(H,67,76)/t39-,40+,47-,48+,59?/m1/s1. The third-order valence-corrected chi connectivity index (χ3v) is 17.7. The van der Waals surface area contributed by atoms with Crippen molar-refractivity contribution in [3.8, 4) is 17.2 Å². The third kappa shape index (κ3) is 12.7. The Morgan fingerprint density at radius 1 is 0.699 bits per heavy atom. The van der Waals surface area contributed by atoms with Crippen molar-refractivity contribution in [3.05, 3.63) is 136 Å². The van der Waals surface area contributed by atoms with Gasteiger partial charge in [0.1, 0.15) is 24.7 Å². The van der Waals surface area contributed by atoms with E-state index in [-0.39, 0.29) is 110 Å². The minimum Gasteiger partial charge on any atom is -0.493 e. The number of unbranched alkanes of at least 4 members (excludes halogenated alkanes) is 1. The summed E-state index contributed by atoms with van der Waals surface area (Å²) in [6, 6.07) is 28.3. The predicted molar refractivity (Wildman–Crippen MR) is 319 cm³/mol. The van der Waals surface area contributed by atoms with Crippen molar-refractivity contribution in [2.45, 2.75) is 134 Å². The molecule has 1 fully saturated rings. The molecule has 17 nitrogen and oxygen atoms in total. The van der Waals surface area contributed by atoms with Crippen molar-refractivity contribution >= 4 is 81.5 Å². The molecule has 0 spiro atoms. The van der Waals surface area contributed by atoms with E-state index in [4.69, 9.17) is 14.2 Å². The summed E-state index contributed by atoms with van der Waals surface area (Å²) >= 11 is 1.35. The van der Waals surface area contributed by atoms with Crippen LogP contribution < -0.4 is 39.5 Å². The first kappa shape index (κ1) is 58.2. The molecule has 2 N–H and O–H groups in total. The number of thioether (sulfide) groups is 1. The van der Waals surface area contributed by atoms with Crippen molar-refractivity contribution in [1.82, 2.24) is 10.2 Å². The molecule has 0 aliphatic carbocycles. The molecule has 0 aromatic heterocycles. The van der Waals surface area contributed by atoms with Gasteiger partial charge in [-0.1, -0.05) is 43.3 Å². The fraction of sp³-hybridized carbons (Fsp3) is 0.415. The summed E-state index contributed by atoms with van der Waals surface area (Å²) < 4.78 is 19.0. The second kappa shape index (κ2) is 25.2. The molecule has 0 saturated carbocycles. The number of anilines is 4. The minimum absolute atomic E-state index is 0.00386. The number of carbonyl (C=O) groups excluding carboxylic acids is 8. The molecule has 5 heterocycles. The van der Waals surface area contributed by atoms with Crippen molar-refractivity contribution < 1.29 is 52.6 Å². The molecule has 18 heteroatoms. The van der Waals surface area contributed by atoms with Crippen LogP contribution in [0.15, 0.2) is 91.0 Å². The number of para-hydroxylation sites is 2. The highest BCUT2D eigenvalue weighted by Gasteiger charge is 2.41. The molecular formula is C65H72N6O11S. The van der Waals surface area contributed by atoms with Gasteiger partial charge in [0.2, 0.25) is 23.6 Å². The van der Waals surface area contributed by atoms with E-state index < -0.39 is 17.9 Å². The maximum absolute atomic E-state index is 14.3. The first-order chi connectivity index (χ1) is 40.0. The van der Waals surface area contributed by atoms with E-state index in [2.05, 4.69) is 27.7 Å². The van der Waals surface area contributed by atoms with E-state index in [9.17, 15) is 38.4 Å². The number of ether oxygens (including phenoxy) is 3. The highest BCUT2D eigenvalue weighted by molar-refractivity contribution is 8.00. The summed E-state index contributed by atoms with van der Waals surface area (Å²) in [6.07, 6.45) is 6.88. The molecule has 434 valence electrons. The monoisotopic (exact) mass is 1140 g/mol. The predicted octanol–water partition coefficient (Wildman–Crippen LogP) is 9.14. The fourth-order valence-electron chi connectivity index (χ4n) is 12.2. The van der Waals surface area contributed by atoms with Gasteiger partial charge >= 0.3 is 0 Å². The Labute approximate surface area is 488 Å². The number of benzene rings is 5. The van der Waals surface area contributed by atoms with Gasteiger partial charge in [0, 0.05) is 92.9 Å². The lowest BCUT2D eigenvalue weighted by Gasteiger charge is -2.25. The number of likely N-dealkylation sites (N-methyl/N-ethyl adjacent to an activating group) is 1. The van der Waals surface area contributed by atoms with Crippen LogP contribution in [-0.4, -0.2) is 109 Å². The van der Waals surface area contributed by atoms with Gasteiger partial charge in [-0.15, -0.1) is 0 Å². The summed E-state index contributed by atoms with van der Waals surface area (Å²) in [4.78, 5) is 113. The Morgan fingerprint density at radius 3 is 2.02 bits per heavy atom. The zero-order chi connectivity index (χ0) is 58.6. The zero-order valence-electron chi connectivity index (χ0n) is 48.0. The third-order valence-electron chi connectivity index (χ3n) is 16.7. The summed E-state index contributed by atoms with van der Waals surface area (Å²) in [6.45, 7) is 6.15. The average molecular weight is 1150 g/mol. The Kier molecular flexibility index (Phi) is 17.7. The molecule has 1 unspecified atom stereocenters. The fourth-order valence-corrected chi connectivity index (χ4v) is 12.9. The molecule has 1 saturated heterocycles. The molecule has 5 aliphatic heterocycles. The van der Waals surface area contributed by atoms with E-state index in [0.717, 1.165) is 47.3 Å². The molecule has 5 aromatic carbocycles. The molecule has 5 atom stereocenters. The second-order valence-corrected chi connectivity index (χ2v) is 23.7. The number of hydrogen-bond donors (Lipinski definition) is 2. The largest absolute Gasteiger partial charge is 0.493 e. The van der Waals surface area contributed by atoms with Crippen LogP contribution in [0.25, 0.3) is 0 Å². The molecule has 10 rings (SSSR count). The number of hydrogen-bond acceptors (Lipinski definition) is 13. The number of nitrogens with one attached hydrogen (secondary N) is 2. The van der Waals surface area contributed by atoms with Gasteiger partial charge < -0.3 is 39.5 Å². The van der Waals surface area contributed by atoms with Crippen LogP contribution in [0.2, 0.25) is 0 Å². The first-order valence-corrected chi connectivity index (χ1v) is 30.1. The number of carbonyl (C=O) groups is 8. The average Bonchev–Trinajstić information content (AvgIpc) is 2.72. The Balaban J connectivity index is 0.790. The summed E-state index contributed by atoms with van der Waals surface area (Å²) in [5, 5.41) is 5.41. The molecule has 0 radical (unpaired) electrons. The number of ketones is 2. The van der Waals surface area contributed by atoms with Crippen LogP contribution in [-0.2, 0) is 61.2 Å². The zero-order valence-corrected chi connectivity index (χ0v) is 48.9. The highest BCUT2D eigenvalue weighted by Crippen LogP contribution is 2.43. The van der Waals surface area contributed by atoms with Crippen molar-refractivity contribution in [1.29, 1.82) is 0 Å². The van der Waals surface area contributed by atoms with Gasteiger partial charge in [-0.2, -0.15) is 11.8 Å². The number of likely N-dealkylation sites (tertiary alicyclic amines) is 1. The SMILES string of the molecule is COc1cc2c(cc1OCc1cc(COc3cc4c(cc3C)C(=O)N3c5ccccc5C[C@H]3CC4)cc(NC(=O)[C@H](C)CC(=O)[C@H](C)NC(=O)CCCCC(=O)CCCN3C(=O)CC(SC)C3=O)c1)N(C)C[C@@H]1Cc3ccccc3N1C2=O. The van der Waals surface area contributed by atoms with Gasteiger partial charge in [0.25, 0.3) is 11.8 Å². The number of Topliss-reactive ketones (excluding diaryl/α,β-unsaturated/α-hetero) is 2. The summed E-state index contributed by atoms with van der Waals surface area (Å²) in [7, 11) is 3.51. The number of aryl methyl sites for hydroxylation is 2. The second-order valence-electron chi connectivity index (χ2n) is 22.7. The van der Waals surface area contributed by atoms with Crippen molar-refractivity contribution in [3.63, 3.8) is 0 Å². The van der Waals surface area contributed by atoms with Crippen LogP contribution in [0.3, 0.4) is 0 Å². The minimum atomic E-state index is -0.856. The van der Waals surface area contributed by atoms with Crippen molar-refractivity contribution in [2.24, 2.45) is 5.92 Å². The van der Waals surface area contributed by atoms with Gasteiger partial charge in [-0.25, -0.2) is 0 Å². The van der Waals surface area contributed by atoms with E-state index in [1.807, 2.05) is 90.5 Å². The Bertz CT molecular complexity index is 3400. The Morgan fingerprint density at radius 2 is 1.34 bits per heavy atom. The van der Waals surface area contributed by atoms with Gasteiger partial charge in [-0.3, -0.25) is 43.3 Å². The highest BCUT2D eigenvalue weighted by atomic mass is 32.2. The summed E-state index contributed by atoms with van der Waals surface area (Å²) in [5.74, 6) is -0.928. The lowest BCUT2D eigenvalue weighted by Crippen LogP contribution is -2.41. The van der Waals surface area contributed by atoms with Gasteiger partial charge in [0.15, 0.2) is 17.3 Å². The summed E-state index contributed by atoms with van der Waals surface area (Å²) in [5.41, 5.74) is 9.67. The normalized spacial score (nSPS) is 18.5. The van der Waals surface area contributed by atoms with Crippen LogP contribution in [0.5, 0.6) is 17.2 Å². The number of nitrogens with zero attached hydrogens (tertiary/aromatic N) is 4. The lowest BCUT2D eigenvalue weighted by atomic mass is 9.98. The van der Waals surface area contributed by atoms with Crippen LogP contribution in [0, 0.1) is 12.8 Å². The van der Waals surface area contributed by atoms with E-state index in [1.54, 1.807) is 32.2 Å². The lowest BCUT2D eigenvalue weighted by molar-refractivity contribution is -0.138. The molecule has 0 bridgehead atoms. The smallest absolute Gasteiger partial charge is 0.260 e. The Hall–Kier alpha value is -7.99. The van der Waals surface area contributed by atoms with Gasteiger partial charge in [0.05, 0.1) is 35.7 Å². The number of imide groups is 1. The number of fused-ring (bicyclic) bond motifs is 8. The molecule has 83 heavy (non-hydrogen) atoms. The quantitative estimate of drug-likeness (QED) is 0.0464. The topological polar surface area (TPSA) is 201 Å². The maximum atomic E-state index is 14.3. The molecule has 5 aliphatic rings. The van der Waals surface area contributed by atoms with E-state index in [1.165, 1.54) is 29.3 Å². The molecule has 5 aromatic rings. The van der Waals surface area contributed by atoms with Gasteiger partial charge in [-0.05, 0) is 147 Å². The van der Waals surface area contributed by atoms with Crippen LogP contribution in [0.4, 0.5) is 22.7 Å². The molecule has 6 amide bonds. The van der Waals surface area contributed by atoms with E-state index in [0.29, 0.717) is 83.1 Å². The van der Waals surface area contributed by atoms with Crippen LogP contribution >= 0.6 is 11.8 Å². The first-order valence-electron chi connectivity index (χ1n) is 28.8. The van der Waals surface area contributed by atoms with Crippen molar-refractivity contribution in [2.75, 3.05) is 53.5 Å². The number of amides is 6. The van der Waals surface area contributed by atoms with Crippen LogP contribution in [0.1, 0.15) is 126 Å². The number of rotatable bonds is 23.